The number of carbonyl (C=O) groups excluding carboxylic acids is 1. The fourth-order valence-corrected chi connectivity index (χ4v) is 0.907. The van der Waals surface area contributed by atoms with Crippen LogP contribution < -0.4 is 10.6 Å². The van der Waals surface area contributed by atoms with E-state index in [9.17, 15) is 4.79 Å². The number of aromatic nitrogens is 1. The molecule has 14 heavy (non-hydrogen) atoms. The number of hydrogen-bond donors (Lipinski definition) is 2. The van der Waals surface area contributed by atoms with Crippen LogP contribution >= 0.6 is 0 Å². The van der Waals surface area contributed by atoms with E-state index in [1.54, 1.807) is 26.2 Å². The first-order valence-electron chi connectivity index (χ1n) is 4.54. The predicted molar refractivity (Wildman–Crippen MR) is 56.1 cm³/mol. The Morgan fingerprint density at radius 1 is 1.50 bits per heavy atom. The van der Waals surface area contributed by atoms with E-state index in [1.165, 1.54) is 0 Å². The summed E-state index contributed by atoms with van der Waals surface area (Å²) in [7, 11) is 1.74. The van der Waals surface area contributed by atoms with E-state index in [0.29, 0.717) is 5.82 Å². The smallest absolute Gasteiger partial charge is 0.242 e. The molecule has 0 aliphatic heterocycles. The first-order chi connectivity index (χ1) is 6.63. The zero-order valence-corrected chi connectivity index (χ0v) is 8.66. The first-order valence-corrected chi connectivity index (χ1v) is 4.54. The van der Waals surface area contributed by atoms with Gasteiger partial charge in [0, 0.05) is 6.20 Å². The number of hydrogen-bond acceptors (Lipinski definition) is 3. The number of pyridine rings is 1. The van der Waals surface area contributed by atoms with Crippen LogP contribution in [0.5, 0.6) is 0 Å². The predicted octanol–water partition coefficient (Wildman–Crippen LogP) is 0.936. The summed E-state index contributed by atoms with van der Waals surface area (Å²) in [5.74, 6) is 0.506. The van der Waals surface area contributed by atoms with Crippen LogP contribution in [0.2, 0.25) is 0 Å². The number of aryl methyl sites for hydroxylation is 1. The van der Waals surface area contributed by atoms with Gasteiger partial charge in [0.1, 0.15) is 5.82 Å². The Kier molecular flexibility index (Phi) is 3.59. The molecule has 0 bridgehead atoms. The third-order valence-electron chi connectivity index (χ3n) is 1.99. The molecule has 0 aliphatic carbocycles. The molecule has 1 rings (SSSR count). The summed E-state index contributed by atoms with van der Waals surface area (Å²) < 4.78 is 0. The van der Waals surface area contributed by atoms with Crippen molar-refractivity contribution < 1.29 is 4.79 Å². The van der Waals surface area contributed by atoms with E-state index in [0.717, 1.165) is 5.56 Å². The molecule has 0 aromatic carbocycles. The molecule has 0 saturated heterocycles. The summed E-state index contributed by atoms with van der Waals surface area (Å²) in [6.45, 7) is 3.75. The molecule has 1 amide bonds. The van der Waals surface area contributed by atoms with Gasteiger partial charge in [-0.05, 0) is 32.5 Å². The lowest BCUT2D eigenvalue weighted by molar-refractivity contribution is -0.117. The molecular weight excluding hydrogens is 178 g/mol. The van der Waals surface area contributed by atoms with Crippen molar-refractivity contribution in [3.05, 3.63) is 23.9 Å². The molecule has 1 heterocycles. The van der Waals surface area contributed by atoms with Gasteiger partial charge >= 0.3 is 0 Å². The maximum atomic E-state index is 11.4. The lowest BCUT2D eigenvalue weighted by Crippen LogP contribution is -2.35. The van der Waals surface area contributed by atoms with Crippen LogP contribution in [0.4, 0.5) is 5.82 Å². The SMILES string of the molecule is CNC(C)C(=O)Nc1ccc(C)cn1. The van der Waals surface area contributed by atoms with Crippen LogP contribution in [0, 0.1) is 6.92 Å². The van der Waals surface area contributed by atoms with Crippen LogP contribution in [-0.4, -0.2) is 24.0 Å². The third kappa shape index (κ3) is 2.81. The number of carbonyl (C=O) groups is 1. The highest BCUT2D eigenvalue weighted by Gasteiger charge is 2.09. The largest absolute Gasteiger partial charge is 0.309 e. The lowest BCUT2D eigenvalue weighted by Gasteiger charge is -2.10. The van der Waals surface area contributed by atoms with Gasteiger partial charge in [-0.15, -0.1) is 0 Å². The number of rotatable bonds is 3. The molecule has 0 spiro atoms. The number of amides is 1. The van der Waals surface area contributed by atoms with Crippen molar-refractivity contribution in [2.75, 3.05) is 12.4 Å². The topological polar surface area (TPSA) is 54.0 Å². The fourth-order valence-electron chi connectivity index (χ4n) is 0.907. The van der Waals surface area contributed by atoms with Crippen molar-refractivity contribution >= 4 is 11.7 Å². The Hall–Kier alpha value is -1.42. The van der Waals surface area contributed by atoms with E-state index in [-0.39, 0.29) is 11.9 Å². The van der Waals surface area contributed by atoms with Gasteiger partial charge in [-0.1, -0.05) is 6.07 Å². The monoisotopic (exact) mass is 193 g/mol. The molecule has 1 unspecified atom stereocenters. The minimum atomic E-state index is -0.210. The molecule has 1 aromatic heterocycles. The third-order valence-corrected chi connectivity index (χ3v) is 1.99. The van der Waals surface area contributed by atoms with Gasteiger partial charge in [0.05, 0.1) is 6.04 Å². The Balaban J connectivity index is 2.60. The molecular formula is C10H15N3O. The van der Waals surface area contributed by atoms with Gasteiger partial charge in [0.15, 0.2) is 0 Å². The Bertz CT molecular complexity index is 308. The van der Waals surface area contributed by atoms with Gasteiger partial charge in [0.2, 0.25) is 5.91 Å². The highest BCUT2D eigenvalue weighted by molar-refractivity contribution is 5.93. The second-order valence-corrected chi connectivity index (χ2v) is 3.22. The van der Waals surface area contributed by atoms with Crippen LogP contribution in [-0.2, 0) is 4.79 Å². The summed E-state index contributed by atoms with van der Waals surface area (Å²) in [4.78, 5) is 15.5. The Morgan fingerprint density at radius 3 is 2.71 bits per heavy atom. The average Bonchev–Trinajstić information content (AvgIpc) is 2.20. The summed E-state index contributed by atoms with van der Waals surface area (Å²) in [5, 5.41) is 5.56. The van der Waals surface area contributed by atoms with Crippen LogP contribution in [0.1, 0.15) is 12.5 Å². The second kappa shape index (κ2) is 4.72. The Labute approximate surface area is 83.7 Å². The maximum Gasteiger partial charge on any atom is 0.242 e. The molecule has 4 nitrogen and oxygen atoms in total. The molecule has 4 heteroatoms. The van der Waals surface area contributed by atoms with Gasteiger partial charge in [-0.3, -0.25) is 4.79 Å². The van der Waals surface area contributed by atoms with E-state index in [1.807, 2.05) is 13.0 Å². The van der Waals surface area contributed by atoms with E-state index < -0.39 is 0 Å². The molecule has 76 valence electrons. The minimum Gasteiger partial charge on any atom is -0.309 e. The zero-order valence-electron chi connectivity index (χ0n) is 8.66. The van der Waals surface area contributed by atoms with Crippen molar-refractivity contribution in [3.8, 4) is 0 Å². The summed E-state index contributed by atoms with van der Waals surface area (Å²) in [6.07, 6.45) is 1.72. The maximum absolute atomic E-state index is 11.4. The molecule has 0 radical (unpaired) electrons. The van der Waals surface area contributed by atoms with Crippen LogP contribution in [0.3, 0.4) is 0 Å². The van der Waals surface area contributed by atoms with E-state index >= 15 is 0 Å². The molecule has 0 saturated carbocycles. The van der Waals surface area contributed by atoms with Gasteiger partial charge in [0.25, 0.3) is 0 Å². The number of likely N-dealkylation sites (N-methyl/N-ethyl adjacent to an activating group) is 1. The molecule has 2 N–H and O–H groups in total. The summed E-state index contributed by atoms with van der Waals surface area (Å²) in [5.41, 5.74) is 1.07. The minimum absolute atomic E-state index is 0.0798. The zero-order chi connectivity index (χ0) is 10.6. The lowest BCUT2D eigenvalue weighted by atomic mass is 10.3. The van der Waals surface area contributed by atoms with Gasteiger partial charge in [-0.25, -0.2) is 4.98 Å². The first kappa shape index (κ1) is 10.7. The number of nitrogens with one attached hydrogen (secondary N) is 2. The van der Waals surface area contributed by atoms with Gasteiger partial charge < -0.3 is 10.6 Å². The summed E-state index contributed by atoms with van der Waals surface area (Å²) in [6, 6.07) is 3.49. The molecule has 0 aliphatic rings. The standard InChI is InChI=1S/C10H15N3O/c1-7-4-5-9(12-6-7)13-10(14)8(2)11-3/h4-6,8,11H,1-3H3,(H,12,13,14). The van der Waals surface area contributed by atoms with Gasteiger partial charge in [-0.2, -0.15) is 0 Å². The average molecular weight is 193 g/mol. The fraction of sp³-hybridized carbons (Fsp3) is 0.400. The quantitative estimate of drug-likeness (QED) is 0.751. The van der Waals surface area contributed by atoms with E-state index in [2.05, 4.69) is 15.6 Å². The molecule has 0 fully saturated rings. The Morgan fingerprint density at radius 2 is 2.21 bits per heavy atom. The van der Waals surface area contributed by atoms with Crippen molar-refractivity contribution in [1.29, 1.82) is 0 Å². The van der Waals surface area contributed by atoms with Crippen LogP contribution in [0.25, 0.3) is 0 Å². The van der Waals surface area contributed by atoms with E-state index in [4.69, 9.17) is 0 Å². The van der Waals surface area contributed by atoms with Crippen molar-refractivity contribution in [3.63, 3.8) is 0 Å². The second-order valence-electron chi connectivity index (χ2n) is 3.22. The van der Waals surface area contributed by atoms with Crippen molar-refractivity contribution in [2.24, 2.45) is 0 Å². The number of nitrogens with zero attached hydrogens (tertiary/aromatic N) is 1. The number of anilines is 1. The van der Waals surface area contributed by atoms with Crippen molar-refractivity contribution in [2.45, 2.75) is 19.9 Å². The van der Waals surface area contributed by atoms with Crippen molar-refractivity contribution in [1.82, 2.24) is 10.3 Å². The highest BCUT2D eigenvalue weighted by Crippen LogP contribution is 2.03. The highest BCUT2D eigenvalue weighted by atomic mass is 16.2. The molecule has 1 atom stereocenters. The normalized spacial score (nSPS) is 12.2. The van der Waals surface area contributed by atoms with Crippen LogP contribution in [0.15, 0.2) is 18.3 Å². The summed E-state index contributed by atoms with van der Waals surface area (Å²) >= 11 is 0. The molecule has 1 aromatic rings.